The number of hydrogen-bond acceptors (Lipinski definition) is 5. The maximum atomic E-state index is 12.3. The van der Waals surface area contributed by atoms with Crippen molar-refractivity contribution in [1.82, 2.24) is 5.32 Å². The van der Waals surface area contributed by atoms with Crippen LogP contribution in [0.3, 0.4) is 0 Å². The summed E-state index contributed by atoms with van der Waals surface area (Å²) in [6.07, 6.45) is -0.559. The molecule has 0 unspecified atom stereocenters. The Hall–Kier alpha value is -2.42. The second kappa shape index (κ2) is 7.54. The van der Waals surface area contributed by atoms with Crippen molar-refractivity contribution in [3.05, 3.63) is 23.8 Å². The Morgan fingerprint density at radius 3 is 2.32 bits per heavy atom. The van der Waals surface area contributed by atoms with Gasteiger partial charge in [-0.25, -0.2) is 4.79 Å². The topological polar surface area (TPSA) is 80.6 Å². The van der Waals surface area contributed by atoms with Gasteiger partial charge in [0.25, 0.3) is 0 Å². The van der Waals surface area contributed by atoms with Gasteiger partial charge in [-0.15, -0.1) is 0 Å². The van der Waals surface area contributed by atoms with Crippen molar-refractivity contribution in [3.8, 4) is 17.6 Å². The summed E-state index contributed by atoms with van der Waals surface area (Å²) in [5.74, 6) is 1.16. The molecule has 0 aromatic heterocycles. The molecule has 1 amide bonds. The van der Waals surface area contributed by atoms with E-state index in [2.05, 4.69) is 39.1 Å². The summed E-state index contributed by atoms with van der Waals surface area (Å²) in [6.45, 7) is 16.1. The lowest BCUT2D eigenvalue weighted by Gasteiger charge is -2.62. The number of nitriles is 1. The molecule has 0 radical (unpaired) electrons. The maximum Gasteiger partial charge on any atom is 0.407 e. The van der Waals surface area contributed by atoms with Crippen molar-refractivity contribution in [3.63, 3.8) is 0 Å². The van der Waals surface area contributed by atoms with Gasteiger partial charge in [-0.05, 0) is 39.8 Å². The van der Waals surface area contributed by atoms with E-state index < -0.39 is 11.7 Å². The first-order chi connectivity index (χ1) is 12.8. The highest BCUT2D eigenvalue weighted by Crippen LogP contribution is 2.55. The van der Waals surface area contributed by atoms with Crippen molar-refractivity contribution < 1.29 is 19.0 Å². The molecule has 0 spiro atoms. The van der Waals surface area contributed by atoms with Crippen LogP contribution >= 0.6 is 0 Å². The summed E-state index contributed by atoms with van der Waals surface area (Å²) < 4.78 is 17.3. The van der Waals surface area contributed by atoms with Crippen LogP contribution in [0.4, 0.5) is 4.79 Å². The molecule has 1 aliphatic carbocycles. The average Bonchev–Trinajstić information content (AvgIpc) is 2.56. The predicted octanol–water partition coefficient (Wildman–Crippen LogP) is 4.66. The second-order valence-corrected chi connectivity index (χ2v) is 9.42. The fourth-order valence-corrected chi connectivity index (χ4v) is 4.30. The summed E-state index contributed by atoms with van der Waals surface area (Å²) >= 11 is 0. The van der Waals surface area contributed by atoms with Crippen molar-refractivity contribution in [1.29, 1.82) is 5.26 Å². The fourth-order valence-electron chi connectivity index (χ4n) is 4.30. The van der Waals surface area contributed by atoms with Gasteiger partial charge in [0.05, 0.1) is 12.2 Å². The summed E-state index contributed by atoms with van der Waals surface area (Å²) in [6, 6.07) is 7.26. The predicted molar refractivity (Wildman–Crippen MR) is 107 cm³/mol. The molecule has 1 saturated carbocycles. The standard InChI is InChI=1S/C22H32N2O4/c1-9-26-16-12-15(11-10-14(16)13-23)27-18-21(5,6)17(22(18,7)8)24-19(25)28-20(2,3)4/h10-12,17-18H,9H2,1-8H3,(H,24,25). The Kier molecular flexibility index (Phi) is 5.89. The van der Waals surface area contributed by atoms with E-state index in [-0.39, 0.29) is 23.0 Å². The minimum atomic E-state index is -0.545. The number of hydrogen-bond donors (Lipinski definition) is 1. The highest BCUT2D eigenvalue weighted by Gasteiger charge is 2.64. The van der Waals surface area contributed by atoms with Crippen LogP contribution in [-0.2, 0) is 4.74 Å². The van der Waals surface area contributed by atoms with Crippen LogP contribution in [0.15, 0.2) is 18.2 Å². The van der Waals surface area contributed by atoms with Crippen LogP contribution in [0, 0.1) is 22.2 Å². The summed E-state index contributed by atoms with van der Waals surface area (Å²) in [4.78, 5) is 12.3. The van der Waals surface area contributed by atoms with Gasteiger partial charge in [0.15, 0.2) is 0 Å². The molecule has 0 bridgehead atoms. The highest BCUT2D eigenvalue weighted by atomic mass is 16.6. The molecule has 1 fully saturated rings. The molecule has 154 valence electrons. The van der Waals surface area contributed by atoms with E-state index in [4.69, 9.17) is 14.2 Å². The van der Waals surface area contributed by atoms with Gasteiger partial charge in [0, 0.05) is 22.9 Å². The van der Waals surface area contributed by atoms with Crippen LogP contribution in [-0.4, -0.2) is 30.4 Å². The van der Waals surface area contributed by atoms with Crippen molar-refractivity contribution in [2.24, 2.45) is 10.8 Å². The SMILES string of the molecule is CCOc1cc(OC2C(C)(C)C(NC(=O)OC(C)(C)C)C2(C)C)ccc1C#N. The lowest BCUT2D eigenvalue weighted by Crippen LogP contribution is -2.74. The minimum absolute atomic E-state index is 0.107. The third-order valence-corrected chi connectivity index (χ3v) is 5.13. The molecule has 1 aliphatic rings. The third-order valence-electron chi connectivity index (χ3n) is 5.13. The van der Waals surface area contributed by atoms with E-state index in [0.29, 0.717) is 23.7 Å². The lowest BCUT2D eigenvalue weighted by molar-refractivity contribution is -0.166. The monoisotopic (exact) mass is 388 g/mol. The molecule has 0 aliphatic heterocycles. The molecular weight excluding hydrogens is 356 g/mol. The zero-order chi connectivity index (χ0) is 21.3. The Morgan fingerprint density at radius 2 is 1.82 bits per heavy atom. The molecule has 2 rings (SSSR count). The number of amides is 1. The summed E-state index contributed by atoms with van der Waals surface area (Å²) in [5.41, 5.74) is -0.679. The highest BCUT2D eigenvalue weighted by molar-refractivity contribution is 5.68. The van der Waals surface area contributed by atoms with Crippen LogP contribution in [0.5, 0.6) is 11.5 Å². The fraction of sp³-hybridized carbons (Fsp3) is 0.636. The second-order valence-electron chi connectivity index (χ2n) is 9.42. The molecule has 0 heterocycles. The van der Waals surface area contributed by atoms with Crippen molar-refractivity contribution in [2.75, 3.05) is 6.61 Å². The number of ether oxygens (including phenoxy) is 3. The Morgan fingerprint density at radius 1 is 1.21 bits per heavy atom. The van der Waals surface area contributed by atoms with Gasteiger partial charge < -0.3 is 19.5 Å². The van der Waals surface area contributed by atoms with Gasteiger partial charge >= 0.3 is 6.09 Å². The van der Waals surface area contributed by atoms with Crippen molar-refractivity contribution in [2.45, 2.75) is 73.1 Å². The molecule has 1 aromatic rings. The number of carbonyl (C=O) groups is 1. The van der Waals surface area contributed by atoms with Crippen molar-refractivity contribution >= 4 is 6.09 Å². The van der Waals surface area contributed by atoms with E-state index in [9.17, 15) is 10.1 Å². The molecule has 1 aromatic carbocycles. The molecule has 6 heteroatoms. The molecule has 0 saturated heterocycles. The van der Waals surface area contributed by atoms with Crippen LogP contribution < -0.4 is 14.8 Å². The first-order valence-electron chi connectivity index (χ1n) is 9.66. The molecule has 1 N–H and O–H groups in total. The summed E-state index contributed by atoms with van der Waals surface area (Å²) in [5, 5.41) is 12.2. The van der Waals surface area contributed by atoms with Gasteiger partial charge in [-0.2, -0.15) is 5.26 Å². The number of nitrogens with zero attached hydrogens (tertiary/aromatic N) is 1. The lowest BCUT2D eigenvalue weighted by atomic mass is 9.49. The van der Waals surface area contributed by atoms with Gasteiger partial charge in [0.2, 0.25) is 0 Å². The molecular formula is C22H32N2O4. The van der Waals surface area contributed by atoms with E-state index in [1.807, 2.05) is 27.7 Å². The number of benzene rings is 1. The first kappa shape index (κ1) is 21.9. The molecule has 0 atom stereocenters. The summed E-state index contributed by atoms with van der Waals surface area (Å²) in [7, 11) is 0. The zero-order valence-corrected chi connectivity index (χ0v) is 18.2. The number of carbonyl (C=O) groups excluding carboxylic acids is 1. The quantitative estimate of drug-likeness (QED) is 0.793. The van der Waals surface area contributed by atoms with E-state index in [1.165, 1.54) is 0 Å². The van der Waals surface area contributed by atoms with Gasteiger partial charge in [-0.3, -0.25) is 0 Å². The minimum Gasteiger partial charge on any atom is -0.492 e. The van der Waals surface area contributed by atoms with Crippen LogP contribution in [0.2, 0.25) is 0 Å². The average molecular weight is 389 g/mol. The number of nitrogens with one attached hydrogen (secondary N) is 1. The van der Waals surface area contributed by atoms with E-state index in [0.717, 1.165) is 0 Å². The maximum absolute atomic E-state index is 12.3. The molecule has 28 heavy (non-hydrogen) atoms. The first-order valence-corrected chi connectivity index (χ1v) is 9.66. The van der Waals surface area contributed by atoms with Gasteiger partial charge in [-0.1, -0.05) is 27.7 Å². The smallest absolute Gasteiger partial charge is 0.407 e. The van der Waals surface area contributed by atoms with Crippen LogP contribution in [0.25, 0.3) is 0 Å². The number of alkyl carbamates (subject to hydrolysis) is 1. The number of rotatable bonds is 5. The molecule has 6 nitrogen and oxygen atoms in total. The van der Waals surface area contributed by atoms with Gasteiger partial charge in [0.1, 0.15) is 29.3 Å². The van der Waals surface area contributed by atoms with Crippen LogP contribution in [0.1, 0.15) is 61.0 Å². The zero-order valence-electron chi connectivity index (χ0n) is 18.2. The largest absolute Gasteiger partial charge is 0.492 e. The Balaban J connectivity index is 2.17. The van der Waals surface area contributed by atoms with E-state index in [1.54, 1.807) is 18.2 Å². The third kappa shape index (κ3) is 4.35. The Labute approximate surface area is 168 Å². The Bertz CT molecular complexity index is 756. The normalized spacial score (nSPS) is 22.4. The van der Waals surface area contributed by atoms with E-state index >= 15 is 0 Å².